The van der Waals surface area contributed by atoms with E-state index in [-0.39, 0.29) is 11.9 Å². The van der Waals surface area contributed by atoms with E-state index in [0.717, 1.165) is 45.4 Å². The molecule has 1 saturated heterocycles. The average molecular weight is 278 g/mol. The maximum Gasteiger partial charge on any atom is 0.245 e. The molecule has 0 saturated carbocycles. The van der Waals surface area contributed by atoms with Gasteiger partial charge in [0.15, 0.2) is 0 Å². The first kappa shape index (κ1) is 15.1. The summed E-state index contributed by atoms with van der Waals surface area (Å²) in [7, 11) is 0. The van der Waals surface area contributed by atoms with Gasteiger partial charge in [0.05, 0.1) is 6.10 Å². The summed E-state index contributed by atoms with van der Waals surface area (Å²) in [6, 6.07) is 3.92. The zero-order valence-corrected chi connectivity index (χ0v) is 12.6. The van der Waals surface area contributed by atoms with Crippen LogP contribution in [-0.4, -0.2) is 41.2 Å². The molecule has 0 aromatic carbocycles. The minimum atomic E-state index is -0.0429. The van der Waals surface area contributed by atoms with E-state index in [9.17, 15) is 4.79 Å². The van der Waals surface area contributed by atoms with Crippen molar-refractivity contribution in [3.63, 3.8) is 0 Å². The Morgan fingerprint density at radius 3 is 2.45 bits per heavy atom. The molecule has 0 aliphatic carbocycles. The van der Waals surface area contributed by atoms with Crippen LogP contribution in [0, 0.1) is 0 Å². The van der Waals surface area contributed by atoms with E-state index in [1.807, 2.05) is 40.9 Å². The average Bonchev–Trinajstić information content (AvgIpc) is 2.99. The Balaban J connectivity index is 1.95. The fourth-order valence-electron chi connectivity index (χ4n) is 2.92. The Kier molecular flexibility index (Phi) is 5.65. The maximum absolute atomic E-state index is 12.7. The Labute approximate surface area is 121 Å². The largest absolute Gasteiger partial charge is 0.378 e. The van der Waals surface area contributed by atoms with Gasteiger partial charge in [-0.15, -0.1) is 0 Å². The van der Waals surface area contributed by atoms with Gasteiger partial charge in [0.2, 0.25) is 5.91 Å². The van der Waals surface area contributed by atoms with E-state index < -0.39 is 0 Å². The van der Waals surface area contributed by atoms with Crippen LogP contribution in [-0.2, 0) is 9.53 Å². The van der Waals surface area contributed by atoms with Gasteiger partial charge in [-0.05, 0) is 38.3 Å². The molecule has 1 unspecified atom stereocenters. The number of rotatable bonds is 6. The topological polar surface area (TPSA) is 34.5 Å². The zero-order chi connectivity index (χ0) is 14.4. The van der Waals surface area contributed by atoms with Crippen molar-refractivity contribution in [1.82, 2.24) is 9.47 Å². The summed E-state index contributed by atoms with van der Waals surface area (Å²) in [6.45, 7) is 6.57. The molecule has 2 heterocycles. The van der Waals surface area contributed by atoms with Crippen LogP contribution in [0.1, 0.15) is 45.6 Å². The highest BCUT2D eigenvalue weighted by Gasteiger charge is 2.28. The third kappa shape index (κ3) is 3.63. The van der Waals surface area contributed by atoms with Crippen molar-refractivity contribution in [2.75, 3.05) is 19.7 Å². The number of likely N-dealkylation sites (tertiary alicyclic amines) is 1. The first-order valence-corrected chi connectivity index (χ1v) is 7.79. The number of amides is 1. The van der Waals surface area contributed by atoms with Crippen molar-refractivity contribution in [3.8, 4) is 0 Å². The molecular formula is C16H26N2O2. The molecule has 112 valence electrons. The Morgan fingerprint density at radius 2 is 1.90 bits per heavy atom. The zero-order valence-electron chi connectivity index (χ0n) is 12.6. The Bertz CT molecular complexity index is 395. The van der Waals surface area contributed by atoms with E-state index in [1.54, 1.807) is 0 Å². The summed E-state index contributed by atoms with van der Waals surface area (Å²) in [5.41, 5.74) is 0. The summed E-state index contributed by atoms with van der Waals surface area (Å²) >= 11 is 0. The first-order valence-electron chi connectivity index (χ1n) is 7.79. The van der Waals surface area contributed by atoms with Gasteiger partial charge >= 0.3 is 0 Å². The van der Waals surface area contributed by atoms with Crippen LogP contribution in [0.15, 0.2) is 24.5 Å². The summed E-state index contributed by atoms with van der Waals surface area (Å²) in [5.74, 6) is 0.262. The molecule has 1 aromatic heterocycles. The monoisotopic (exact) mass is 278 g/mol. The minimum absolute atomic E-state index is 0.0429. The highest BCUT2D eigenvalue weighted by molar-refractivity contribution is 5.80. The molecule has 2 rings (SSSR count). The van der Waals surface area contributed by atoms with Crippen molar-refractivity contribution in [1.29, 1.82) is 0 Å². The van der Waals surface area contributed by atoms with Crippen molar-refractivity contribution in [3.05, 3.63) is 24.5 Å². The van der Waals surface area contributed by atoms with Gasteiger partial charge in [-0.25, -0.2) is 0 Å². The summed E-state index contributed by atoms with van der Waals surface area (Å²) in [4.78, 5) is 14.7. The van der Waals surface area contributed by atoms with Gasteiger partial charge in [-0.1, -0.05) is 13.3 Å². The fraction of sp³-hybridized carbons (Fsp3) is 0.688. The SMILES string of the molecule is CCCC(C(=O)N1CCC(OCC)CC1)n1cccc1. The number of hydrogen-bond acceptors (Lipinski definition) is 2. The second-order valence-corrected chi connectivity index (χ2v) is 5.41. The normalized spacial score (nSPS) is 18.2. The first-order chi connectivity index (χ1) is 9.76. The van der Waals surface area contributed by atoms with Crippen molar-refractivity contribution in [2.45, 2.75) is 51.7 Å². The van der Waals surface area contributed by atoms with Gasteiger partial charge < -0.3 is 14.2 Å². The second-order valence-electron chi connectivity index (χ2n) is 5.41. The van der Waals surface area contributed by atoms with Gasteiger partial charge in [0.25, 0.3) is 0 Å². The molecule has 0 spiro atoms. The van der Waals surface area contributed by atoms with Crippen LogP contribution in [0.25, 0.3) is 0 Å². The van der Waals surface area contributed by atoms with E-state index in [4.69, 9.17) is 4.74 Å². The number of nitrogens with zero attached hydrogens (tertiary/aromatic N) is 2. The highest BCUT2D eigenvalue weighted by atomic mass is 16.5. The van der Waals surface area contributed by atoms with Gasteiger partial charge in [0, 0.05) is 32.1 Å². The molecule has 1 aromatic rings. The minimum Gasteiger partial charge on any atom is -0.378 e. The third-order valence-electron chi connectivity index (χ3n) is 3.99. The lowest BCUT2D eigenvalue weighted by atomic mass is 10.0. The molecule has 20 heavy (non-hydrogen) atoms. The molecule has 0 N–H and O–H groups in total. The molecule has 4 heteroatoms. The molecule has 1 aliphatic heterocycles. The predicted molar refractivity (Wildman–Crippen MR) is 79.6 cm³/mol. The Morgan fingerprint density at radius 1 is 1.25 bits per heavy atom. The summed E-state index contributed by atoms with van der Waals surface area (Å²) in [5, 5.41) is 0. The van der Waals surface area contributed by atoms with Gasteiger partial charge in [0.1, 0.15) is 6.04 Å². The lowest BCUT2D eigenvalue weighted by molar-refractivity contribution is -0.137. The third-order valence-corrected chi connectivity index (χ3v) is 3.99. The predicted octanol–water partition coefficient (Wildman–Crippen LogP) is 2.86. The van der Waals surface area contributed by atoms with E-state index >= 15 is 0 Å². The standard InChI is InChI=1S/C16H26N2O2/c1-3-7-15(17-10-5-6-11-17)16(19)18-12-8-14(9-13-18)20-4-2/h5-6,10-11,14-15H,3-4,7-9,12-13H2,1-2H3. The molecule has 0 radical (unpaired) electrons. The smallest absolute Gasteiger partial charge is 0.245 e. The number of carbonyl (C=O) groups is 1. The van der Waals surface area contributed by atoms with Gasteiger partial charge in [-0.3, -0.25) is 4.79 Å². The molecule has 1 fully saturated rings. The molecule has 1 amide bonds. The van der Waals surface area contributed by atoms with E-state index in [0.29, 0.717) is 6.10 Å². The second kappa shape index (κ2) is 7.48. The quantitative estimate of drug-likeness (QED) is 0.802. The Hall–Kier alpha value is -1.29. The number of hydrogen-bond donors (Lipinski definition) is 0. The number of carbonyl (C=O) groups excluding carboxylic acids is 1. The molecule has 4 nitrogen and oxygen atoms in total. The highest BCUT2D eigenvalue weighted by Crippen LogP contribution is 2.21. The van der Waals surface area contributed by atoms with Crippen molar-refractivity contribution >= 4 is 5.91 Å². The molecule has 0 bridgehead atoms. The summed E-state index contributed by atoms with van der Waals surface area (Å²) in [6.07, 6.45) is 8.16. The van der Waals surface area contributed by atoms with Gasteiger partial charge in [-0.2, -0.15) is 0 Å². The van der Waals surface area contributed by atoms with Crippen molar-refractivity contribution in [2.24, 2.45) is 0 Å². The summed E-state index contributed by atoms with van der Waals surface area (Å²) < 4.78 is 7.69. The van der Waals surface area contributed by atoms with Crippen LogP contribution in [0.4, 0.5) is 0 Å². The number of ether oxygens (including phenoxy) is 1. The number of aromatic nitrogens is 1. The van der Waals surface area contributed by atoms with Crippen LogP contribution < -0.4 is 0 Å². The lowest BCUT2D eigenvalue weighted by Gasteiger charge is -2.34. The fourth-order valence-corrected chi connectivity index (χ4v) is 2.92. The number of piperidine rings is 1. The van der Waals surface area contributed by atoms with Crippen LogP contribution >= 0.6 is 0 Å². The molecule has 1 atom stereocenters. The lowest BCUT2D eigenvalue weighted by Crippen LogP contribution is -2.44. The van der Waals surface area contributed by atoms with Crippen LogP contribution in [0.3, 0.4) is 0 Å². The van der Waals surface area contributed by atoms with E-state index in [1.165, 1.54) is 0 Å². The molecule has 1 aliphatic rings. The molecular weight excluding hydrogens is 252 g/mol. The van der Waals surface area contributed by atoms with Crippen LogP contribution in [0.5, 0.6) is 0 Å². The van der Waals surface area contributed by atoms with Crippen molar-refractivity contribution < 1.29 is 9.53 Å². The van der Waals surface area contributed by atoms with E-state index in [2.05, 4.69) is 6.92 Å². The maximum atomic E-state index is 12.7. The van der Waals surface area contributed by atoms with Crippen LogP contribution in [0.2, 0.25) is 0 Å².